The summed E-state index contributed by atoms with van der Waals surface area (Å²) >= 11 is 5.98. The fourth-order valence-electron chi connectivity index (χ4n) is 2.70. The smallest absolute Gasteiger partial charge is 0.0406 e. The van der Waals surface area contributed by atoms with Crippen LogP contribution < -0.4 is 5.32 Å². The highest BCUT2D eigenvalue weighted by atomic mass is 35.5. The first kappa shape index (κ1) is 16.1. The van der Waals surface area contributed by atoms with Crippen LogP contribution in [0.3, 0.4) is 0 Å². The number of aryl methyl sites for hydroxylation is 1. The van der Waals surface area contributed by atoms with Gasteiger partial charge in [0.2, 0.25) is 0 Å². The second kappa shape index (κ2) is 8.21. The van der Waals surface area contributed by atoms with Crippen molar-refractivity contribution in [1.29, 1.82) is 0 Å². The van der Waals surface area contributed by atoms with Crippen LogP contribution in [0, 0.1) is 6.92 Å². The van der Waals surface area contributed by atoms with Gasteiger partial charge in [-0.2, -0.15) is 0 Å². The molecule has 0 aliphatic rings. The number of halogens is 1. The quantitative estimate of drug-likeness (QED) is 0.712. The van der Waals surface area contributed by atoms with Gasteiger partial charge in [-0.25, -0.2) is 0 Å². The largest absolute Gasteiger partial charge is 0.316 e. The van der Waals surface area contributed by atoms with E-state index in [0.29, 0.717) is 5.92 Å². The van der Waals surface area contributed by atoms with Crippen molar-refractivity contribution in [2.75, 3.05) is 13.1 Å². The Morgan fingerprint density at radius 2 is 1.76 bits per heavy atom. The molecule has 1 nitrogen and oxygen atoms in total. The van der Waals surface area contributed by atoms with Gasteiger partial charge in [0, 0.05) is 17.5 Å². The van der Waals surface area contributed by atoms with E-state index < -0.39 is 0 Å². The van der Waals surface area contributed by atoms with E-state index in [9.17, 15) is 0 Å². The van der Waals surface area contributed by atoms with Crippen LogP contribution in [0.15, 0.2) is 48.5 Å². The van der Waals surface area contributed by atoms with E-state index in [1.165, 1.54) is 23.1 Å². The van der Waals surface area contributed by atoms with Gasteiger partial charge >= 0.3 is 0 Å². The van der Waals surface area contributed by atoms with Crippen LogP contribution in [0.25, 0.3) is 0 Å². The second-order valence-electron chi connectivity index (χ2n) is 5.59. The Bertz CT molecular complexity index is 548. The van der Waals surface area contributed by atoms with Crippen molar-refractivity contribution in [2.45, 2.75) is 32.6 Å². The van der Waals surface area contributed by atoms with Crippen LogP contribution in [-0.4, -0.2) is 13.1 Å². The van der Waals surface area contributed by atoms with Gasteiger partial charge in [-0.15, -0.1) is 0 Å². The summed E-state index contributed by atoms with van der Waals surface area (Å²) in [5, 5.41) is 4.37. The molecule has 2 aromatic rings. The highest BCUT2D eigenvalue weighted by molar-refractivity contribution is 6.30. The summed E-state index contributed by atoms with van der Waals surface area (Å²) in [5.41, 5.74) is 4.15. The predicted octanol–water partition coefficient (Wildman–Crippen LogP) is 4.97. The topological polar surface area (TPSA) is 12.0 Å². The average Bonchev–Trinajstić information content (AvgIpc) is 2.49. The molecule has 21 heavy (non-hydrogen) atoms. The molecule has 2 heteroatoms. The SMILES string of the molecule is CCCNCC(Cc1ccc(Cl)cc1)c1ccccc1C. The molecule has 0 aromatic heterocycles. The number of hydrogen-bond donors (Lipinski definition) is 1. The van der Waals surface area contributed by atoms with E-state index in [-0.39, 0.29) is 0 Å². The summed E-state index contributed by atoms with van der Waals surface area (Å²) < 4.78 is 0. The van der Waals surface area contributed by atoms with Crippen molar-refractivity contribution in [3.63, 3.8) is 0 Å². The molecule has 2 rings (SSSR count). The van der Waals surface area contributed by atoms with E-state index in [1.54, 1.807) is 0 Å². The van der Waals surface area contributed by atoms with Crippen molar-refractivity contribution < 1.29 is 0 Å². The first-order chi connectivity index (χ1) is 10.2. The molecule has 0 radical (unpaired) electrons. The minimum Gasteiger partial charge on any atom is -0.316 e. The zero-order valence-electron chi connectivity index (χ0n) is 12.9. The molecule has 0 fully saturated rings. The van der Waals surface area contributed by atoms with Gasteiger partial charge in [-0.3, -0.25) is 0 Å². The summed E-state index contributed by atoms with van der Waals surface area (Å²) in [6.45, 7) is 6.49. The highest BCUT2D eigenvalue weighted by Gasteiger charge is 2.14. The molecule has 0 heterocycles. The summed E-state index contributed by atoms with van der Waals surface area (Å²) in [5.74, 6) is 0.499. The lowest BCUT2D eigenvalue weighted by molar-refractivity contribution is 0.575. The molecule has 0 aliphatic heterocycles. The van der Waals surface area contributed by atoms with Crippen molar-refractivity contribution in [3.05, 3.63) is 70.2 Å². The fraction of sp³-hybridized carbons (Fsp3) is 0.368. The third-order valence-corrected chi connectivity index (χ3v) is 4.09. The van der Waals surface area contributed by atoms with Crippen LogP contribution in [0.5, 0.6) is 0 Å². The molecular weight excluding hydrogens is 278 g/mol. The third-order valence-electron chi connectivity index (χ3n) is 3.84. The van der Waals surface area contributed by atoms with Crippen LogP contribution in [0.4, 0.5) is 0 Å². The van der Waals surface area contributed by atoms with Gasteiger partial charge in [-0.1, -0.05) is 54.9 Å². The Hall–Kier alpha value is -1.31. The van der Waals surface area contributed by atoms with Crippen LogP contribution >= 0.6 is 11.6 Å². The predicted molar refractivity (Wildman–Crippen MR) is 92.2 cm³/mol. The lowest BCUT2D eigenvalue weighted by atomic mass is 9.89. The second-order valence-corrected chi connectivity index (χ2v) is 6.02. The average molecular weight is 302 g/mol. The van der Waals surface area contributed by atoms with E-state index in [2.05, 4.69) is 55.6 Å². The lowest BCUT2D eigenvalue weighted by Gasteiger charge is -2.20. The van der Waals surface area contributed by atoms with Crippen molar-refractivity contribution >= 4 is 11.6 Å². The zero-order chi connectivity index (χ0) is 15.1. The lowest BCUT2D eigenvalue weighted by Crippen LogP contribution is -2.24. The summed E-state index contributed by atoms with van der Waals surface area (Å²) in [7, 11) is 0. The monoisotopic (exact) mass is 301 g/mol. The van der Waals surface area contributed by atoms with Gasteiger partial charge in [0.1, 0.15) is 0 Å². The van der Waals surface area contributed by atoms with Gasteiger partial charge in [0.25, 0.3) is 0 Å². The Labute approximate surface area is 133 Å². The molecule has 2 aromatic carbocycles. The van der Waals surface area contributed by atoms with Gasteiger partial charge in [0.05, 0.1) is 0 Å². The molecule has 0 saturated heterocycles. The number of benzene rings is 2. The first-order valence-corrected chi connectivity index (χ1v) is 8.09. The summed E-state index contributed by atoms with van der Waals surface area (Å²) in [6, 6.07) is 16.9. The maximum absolute atomic E-state index is 5.98. The van der Waals surface area contributed by atoms with E-state index >= 15 is 0 Å². The minimum absolute atomic E-state index is 0.499. The van der Waals surface area contributed by atoms with Gasteiger partial charge < -0.3 is 5.32 Å². The number of rotatable bonds is 7. The third kappa shape index (κ3) is 4.87. The standard InChI is InChI=1S/C19H24ClN/c1-3-12-21-14-17(19-7-5-4-6-15(19)2)13-16-8-10-18(20)11-9-16/h4-11,17,21H,3,12-14H2,1-2H3. The minimum atomic E-state index is 0.499. The van der Waals surface area contributed by atoms with Gasteiger partial charge in [0.15, 0.2) is 0 Å². The normalized spacial score (nSPS) is 12.3. The highest BCUT2D eigenvalue weighted by Crippen LogP contribution is 2.24. The Balaban J connectivity index is 2.15. The molecule has 0 amide bonds. The Morgan fingerprint density at radius 1 is 1.05 bits per heavy atom. The zero-order valence-corrected chi connectivity index (χ0v) is 13.7. The van der Waals surface area contributed by atoms with Crippen molar-refractivity contribution in [2.24, 2.45) is 0 Å². The fourth-order valence-corrected chi connectivity index (χ4v) is 2.82. The van der Waals surface area contributed by atoms with E-state index in [4.69, 9.17) is 11.6 Å². The molecular formula is C19H24ClN. The molecule has 0 spiro atoms. The molecule has 0 aliphatic carbocycles. The summed E-state index contributed by atoms with van der Waals surface area (Å²) in [4.78, 5) is 0. The Kier molecular flexibility index (Phi) is 6.28. The Morgan fingerprint density at radius 3 is 2.43 bits per heavy atom. The molecule has 112 valence electrons. The summed E-state index contributed by atoms with van der Waals surface area (Å²) in [6.07, 6.45) is 2.21. The number of nitrogens with one attached hydrogen (secondary N) is 1. The van der Waals surface area contributed by atoms with E-state index in [0.717, 1.165) is 24.5 Å². The molecule has 1 N–H and O–H groups in total. The first-order valence-electron chi connectivity index (χ1n) is 7.71. The van der Waals surface area contributed by atoms with Crippen molar-refractivity contribution in [3.8, 4) is 0 Å². The van der Waals surface area contributed by atoms with Gasteiger partial charge in [-0.05, 0) is 55.1 Å². The molecule has 1 unspecified atom stereocenters. The van der Waals surface area contributed by atoms with Crippen LogP contribution in [0.2, 0.25) is 5.02 Å². The molecule has 1 atom stereocenters. The maximum Gasteiger partial charge on any atom is 0.0406 e. The van der Waals surface area contributed by atoms with E-state index in [1.807, 2.05) is 12.1 Å². The molecule has 0 saturated carbocycles. The van der Waals surface area contributed by atoms with Crippen molar-refractivity contribution in [1.82, 2.24) is 5.32 Å². The molecule has 0 bridgehead atoms. The maximum atomic E-state index is 5.98. The van der Waals surface area contributed by atoms with Crippen LogP contribution in [0.1, 0.15) is 36.0 Å². The number of hydrogen-bond acceptors (Lipinski definition) is 1. The van der Waals surface area contributed by atoms with Crippen LogP contribution in [-0.2, 0) is 6.42 Å².